The number of carbonyl (C=O) groups is 1. The number of para-hydroxylation sites is 1. The number of aryl methyl sites for hydroxylation is 2. The molecule has 0 amide bonds. The van der Waals surface area contributed by atoms with Crippen LogP contribution in [0.4, 0.5) is 5.69 Å². The zero-order chi connectivity index (χ0) is 14.8. The number of benzene rings is 1. The molecule has 0 saturated carbocycles. The van der Waals surface area contributed by atoms with Crippen LogP contribution in [0.2, 0.25) is 0 Å². The Balaban J connectivity index is 2.03. The topological polar surface area (TPSA) is 51.2 Å². The van der Waals surface area contributed by atoms with Gasteiger partial charge in [-0.1, -0.05) is 18.2 Å². The fourth-order valence-electron chi connectivity index (χ4n) is 2.95. The Bertz CT molecular complexity index is 682. The highest BCUT2D eigenvalue weighted by Gasteiger charge is 2.25. The summed E-state index contributed by atoms with van der Waals surface area (Å²) in [6, 6.07) is 7.86. The summed E-state index contributed by atoms with van der Waals surface area (Å²) in [5.41, 5.74) is 4.24. The van der Waals surface area contributed by atoms with Crippen molar-refractivity contribution in [2.75, 3.05) is 11.9 Å². The van der Waals surface area contributed by atoms with Crippen molar-refractivity contribution in [1.29, 1.82) is 0 Å². The van der Waals surface area contributed by atoms with E-state index in [1.54, 1.807) is 0 Å². The summed E-state index contributed by atoms with van der Waals surface area (Å²) in [7, 11) is 0. The van der Waals surface area contributed by atoms with E-state index >= 15 is 0 Å². The predicted molar refractivity (Wildman–Crippen MR) is 83.5 cm³/mol. The van der Waals surface area contributed by atoms with Gasteiger partial charge in [0.25, 0.3) is 0 Å². The molecule has 1 aromatic heterocycles. The molecular formula is C17H20N2O2. The Hall–Kier alpha value is -2.10. The number of hydrogen-bond donors (Lipinski definition) is 1. The molecule has 4 nitrogen and oxygen atoms in total. The van der Waals surface area contributed by atoms with E-state index in [1.165, 1.54) is 0 Å². The number of rotatable bonds is 2. The highest BCUT2D eigenvalue weighted by atomic mass is 16.5. The average Bonchev–Trinajstić information content (AvgIpc) is 2.70. The van der Waals surface area contributed by atoms with Gasteiger partial charge in [0.15, 0.2) is 0 Å². The molecule has 21 heavy (non-hydrogen) atoms. The first-order chi connectivity index (χ1) is 10.2. The van der Waals surface area contributed by atoms with Gasteiger partial charge >= 0.3 is 5.97 Å². The third-order valence-electron chi connectivity index (χ3n) is 4.02. The summed E-state index contributed by atoms with van der Waals surface area (Å²) >= 11 is 0. The van der Waals surface area contributed by atoms with E-state index < -0.39 is 0 Å². The Morgan fingerprint density at radius 1 is 1.43 bits per heavy atom. The first-order valence-corrected chi connectivity index (χ1v) is 7.52. The second kappa shape index (κ2) is 5.72. The zero-order valence-electron chi connectivity index (χ0n) is 12.5. The third kappa shape index (κ3) is 2.58. The van der Waals surface area contributed by atoms with Gasteiger partial charge in [0.2, 0.25) is 0 Å². The maximum Gasteiger partial charge on any atom is 0.328 e. The van der Waals surface area contributed by atoms with Gasteiger partial charge in [-0.05, 0) is 44.7 Å². The van der Waals surface area contributed by atoms with Gasteiger partial charge in [0, 0.05) is 5.39 Å². The lowest BCUT2D eigenvalue weighted by molar-refractivity contribution is -0.144. The van der Waals surface area contributed by atoms with Crippen LogP contribution in [-0.4, -0.2) is 23.6 Å². The van der Waals surface area contributed by atoms with Gasteiger partial charge in [-0.2, -0.15) is 0 Å². The van der Waals surface area contributed by atoms with Gasteiger partial charge in [-0.15, -0.1) is 0 Å². The highest BCUT2D eigenvalue weighted by Crippen LogP contribution is 2.31. The number of hydrogen-bond acceptors (Lipinski definition) is 4. The standard InChI is InChI=1S/C17H20N2O2/c1-3-21-17(20)15-10-6-9-14-16(19-15)11(2)12-7-4-5-8-13(12)18-14/h4-5,7-8,15,19H,3,6,9-10H2,1-2H3. The first kappa shape index (κ1) is 13.9. The summed E-state index contributed by atoms with van der Waals surface area (Å²) in [4.78, 5) is 16.8. The largest absolute Gasteiger partial charge is 0.464 e. The number of anilines is 1. The predicted octanol–water partition coefficient (Wildman–Crippen LogP) is 3.22. The van der Waals surface area contributed by atoms with Crippen LogP contribution < -0.4 is 5.32 Å². The van der Waals surface area contributed by atoms with Crippen molar-refractivity contribution >= 4 is 22.6 Å². The number of carbonyl (C=O) groups excluding carboxylic acids is 1. The van der Waals surface area contributed by atoms with Crippen molar-refractivity contribution in [3.63, 3.8) is 0 Å². The van der Waals surface area contributed by atoms with Crippen molar-refractivity contribution in [3.8, 4) is 0 Å². The molecule has 110 valence electrons. The summed E-state index contributed by atoms with van der Waals surface area (Å²) < 4.78 is 5.16. The van der Waals surface area contributed by atoms with Crippen LogP contribution in [0.5, 0.6) is 0 Å². The molecule has 0 spiro atoms. The monoisotopic (exact) mass is 284 g/mol. The van der Waals surface area contributed by atoms with E-state index in [2.05, 4.69) is 18.3 Å². The maximum absolute atomic E-state index is 12.0. The fourth-order valence-corrected chi connectivity index (χ4v) is 2.95. The van der Waals surface area contributed by atoms with E-state index in [9.17, 15) is 4.79 Å². The Morgan fingerprint density at radius 2 is 2.24 bits per heavy atom. The molecule has 2 heterocycles. The van der Waals surface area contributed by atoms with Crippen LogP contribution in [0.25, 0.3) is 10.9 Å². The number of ether oxygens (including phenoxy) is 1. The molecule has 0 aliphatic carbocycles. The van der Waals surface area contributed by atoms with Gasteiger partial charge in [-0.3, -0.25) is 4.98 Å². The van der Waals surface area contributed by atoms with Crippen molar-refractivity contribution < 1.29 is 9.53 Å². The molecule has 1 atom stereocenters. The average molecular weight is 284 g/mol. The Labute approximate surface area is 124 Å². The molecule has 2 aromatic rings. The van der Waals surface area contributed by atoms with E-state index in [1.807, 2.05) is 25.1 Å². The molecule has 3 rings (SSSR count). The van der Waals surface area contributed by atoms with Gasteiger partial charge in [0.1, 0.15) is 6.04 Å². The minimum atomic E-state index is -0.270. The molecule has 0 fully saturated rings. The highest BCUT2D eigenvalue weighted by molar-refractivity contribution is 5.89. The second-order valence-electron chi connectivity index (χ2n) is 5.42. The quantitative estimate of drug-likeness (QED) is 0.860. The number of nitrogens with zero attached hydrogens (tertiary/aromatic N) is 1. The minimum Gasteiger partial charge on any atom is -0.464 e. The van der Waals surface area contributed by atoms with E-state index in [4.69, 9.17) is 9.72 Å². The number of aromatic nitrogens is 1. The van der Waals surface area contributed by atoms with Crippen LogP contribution in [0, 0.1) is 6.92 Å². The van der Waals surface area contributed by atoms with Crippen molar-refractivity contribution in [2.45, 2.75) is 39.2 Å². The van der Waals surface area contributed by atoms with Gasteiger partial charge in [-0.25, -0.2) is 4.79 Å². The molecule has 1 aromatic carbocycles. The SMILES string of the molecule is CCOC(=O)C1CCCc2nc3ccccc3c(C)c2N1. The summed E-state index contributed by atoms with van der Waals surface area (Å²) in [5.74, 6) is -0.169. The number of nitrogens with one attached hydrogen (secondary N) is 1. The smallest absolute Gasteiger partial charge is 0.328 e. The number of fused-ring (bicyclic) bond motifs is 2. The molecule has 1 aliphatic rings. The molecular weight excluding hydrogens is 264 g/mol. The Kier molecular flexibility index (Phi) is 3.78. The van der Waals surface area contributed by atoms with Crippen molar-refractivity contribution in [2.24, 2.45) is 0 Å². The summed E-state index contributed by atoms with van der Waals surface area (Å²) in [6.45, 7) is 4.34. The van der Waals surface area contributed by atoms with Crippen LogP contribution in [-0.2, 0) is 16.0 Å². The molecule has 0 bridgehead atoms. The molecule has 4 heteroatoms. The summed E-state index contributed by atoms with van der Waals surface area (Å²) in [5, 5.41) is 4.50. The second-order valence-corrected chi connectivity index (χ2v) is 5.42. The van der Waals surface area contributed by atoms with E-state index in [0.29, 0.717) is 6.61 Å². The first-order valence-electron chi connectivity index (χ1n) is 7.52. The van der Waals surface area contributed by atoms with Gasteiger partial charge in [0.05, 0.1) is 23.5 Å². The van der Waals surface area contributed by atoms with Crippen LogP contribution >= 0.6 is 0 Å². The van der Waals surface area contributed by atoms with Crippen LogP contribution in [0.15, 0.2) is 24.3 Å². The van der Waals surface area contributed by atoms with Crippen molar-refractivity contribution in [1.82, 2.24) is 4.98 Å². The Morgan fingerprint density at radius 3 is 3.05 bits per heavy atom. The fraction of sp³-hybridized carbons (Fsp3) is 0.412. The van der Waals surface area contributed by atoms with E-state index in [0.717, 1.165) is 47.1 Å². The van der Waals surface area contributed by atoms with Crippen LogP contribution in [0.1, 0.15) is 31.0 Å². The van der Waals surface area contributed by atoms with Gasteiger partial charge < -0.3 is 10.1 Å². The van der Waals surface area contributed by atoms with E-state index in [-0.39, 0.29) is 12.0 Å². The molecule has 0 radical (unpaired) electrons. The number of pyridine rings is 1. The number of esters is 1. The normalized spacial score (nSPS) is 17.7. The minimum absolute atomic E-state index is 0.169. The molecule has 0 saturated heterocycles. The lowest BCUT2D eigenvalue weighted by atomic mass is 10.0. The van der Waals surface area contributed by atoms with Crippen LogP contribution in [0.3, 0.4) is 0 Å². The zero-order valence-corrected chi connectivity index (χ0v) is 12.5. The molecule has 1 unspecified atom stereocenters. The lowest BCUT2D eigenvalue weighted by Gasteiger charge is -2.18. The van der Waals surface area contributed by atoms with Crippen molar-refractivity contribution in [3.05, 3.63) is 35.5 Å². The summed E-state index contributed by atoms with van der Waals surface area (Å²) in [6.07, 6.45) is 2.61. The molecule has 1 N–H and O–H groups in total. The molecule has 1 aliphatic heterocycles. The lowest BCUT2D eigenvalue weighted by Crippen LogP contribution is -2.31. The third-order valence-corrected chi connectivity index (χ3v) is 4.02. The maximum atomic E-state index is 12.0.